The first-order valence-corrected chi connectivity index (χ1v) is 11.4. The zero-order valence-corrected chi connectivity index (χ0v) is 18.3. The molecule has 2 aromatic rings. The summed E-state index contributed by atoms with van der Waals surface area (Å²) in [4.78, 5) is 13.3. The number of benzene rings is 2. The van der Waals surface area contributed by atoms with E-state index in [0.29, 0.717) is 19.4 Å². The van der Waals surface area contributed by atoms with Crippen LogP contribution < -0.4 is 0 Å². The molecule has 0 N–H and O–H groups in total. The van der Waals surface area contributed by atoms with Crippen molar-refractivity contribution in [3.05, 3.63) is 65.7 Å². The van der Waals surface area contributed by atoms with Crippen LogP contribution in [0.1, 0.15) is 50.8 Å². The van der Waals surface area contributed by atoms with E-state index in [0.717, 1.165) is 11.1 Å². The van der Waals surface area contributed by atoms with Gasteiger partial charge in [-0.25, -0.2) is 8.42 Å². The number of esters is 1. The van der Waals surface area contributed by atoms with Crippen LogP contribution in [0.5, 0.6) is 0 Å². The second kappa shape index (κ2) is 8.28. The molecule has 0 saturated carbocycles. The van der Waals surface area contributed by atoms with Gasteiger partial charge in [-0.1, -0.05) is 48.0 Å². The van der Waals surface area contributed by atoms with Gasteiger partial charge in [0.25, 0.3) is 0 Å². The summed E-state index contributed by atoms with van der Waals surface area (Å²) in [5.74, 6) is -0.902. The normalized spacial score (nSPS) is 21.0. The predicted molar refractivity (Wildman–Crippen MR) is 113 cm³/mol. The van der Waals surface area contributed by atoms with Gasteiger partial charge in [-0.15, -0.1) is 0 Å². The van der Waals surface area contributed by atoms with Gasteiger partial charge in [-0.2, -0.15) is 4.31 Å². The van der Waals surface area contributed by atoms with Gasteiger partial charge in [0, 0.05) is 6.54 Å². The second-order valence-corrected chi connectivity index (χ2v) is 10.5. The van der Waals surface area contributed by atoms with Gasteiger partial charge in [0.2, 0.25) is 10.0 Å². The SMILES string of the molecule is Cc1ccc(S(=O)(=O)N2CCC[C@@H](C(=O)OC(C)(C)C)[C@@H]2c2ccccc2)cc1. The van der Waals surface area contributed by atoms with Crippen LogP contribution in [0, 0.1) is 12.8 Å². The maximum atomic E-state index is 13.5. The van der Waals surface area contributed by atoms with E-state index in [1.807, 2.05) is 58.0 Å². The summed E-state index contributed by atoms with van der Waals surface area (Å²) in [6, 6.07) is 15.6. The molecule has 0 bridgehead atoms. The number of hydrogen-bond donors (Lipinski definition) is 0. The van der Waals surface area contributed by atoms with Crippen LogP contribution in [0.4, 0.5) is 0 Å². The van der Waals surface area contributed by atoms with E-state index in [9.17, 15) is 13.2 Å². The first kappa shape index (κ1) is 21.5. The molecule has 0 aromatic heterocycles. The molecule has 5 nitrogen and oxygen atoms in total. The van der Waals surface area contributed by atoms with Crippen LogP contribution >= 0.6 is 0 Å². The summed E-state index contributed by atoms with van der Waals surface area (Å²) in [5.41, 5.74) is 1.17. The zero-order valence-electron chi connectivity index (χ0n) is 17.5. The Labute approximate surface area is 173 Å². The first-order valence-electron chi connectivity index (χ1n) is 9.96. The van der Waals surface area contributed by atoms with Crippen molar-refractivity contribution in [2.75, 3.05) is 6.54 Å². The van der Waals surface area contributed by atoms with Gasteiger partial charge in [0.05, 0.1) is 16.9 Å². The minimum atomic E-state index is -3.76. The zero-order chi connectivity index (χ0) is 21.2. The molecule has 0 spiro atoms. The molecule has 1 aliphatic rings. The molecule has 2 atom stereocenters. The number of carbonyl (C=O) groups excluding carboxylic acids is 1. The number of nitrogens with zero attached hydrogens (tertiary/aromatic N) is 1. The lowest BCUT2D eigenvalue weighted by molar-refractivity contribution is -0.163. The van der Waals surface area contributed by atoms with Crippen LogP contribution in [-0.2, 0) is 19.6 Å². The van der Waals surface area contributed by atoms with E-state index in [4.69, 9.17) is 4.74 Å². The van der Waals surface area contributed by atoms with Crippen LogP contribution in [0.3, 0.4) is 0 Å². The standard InChI is InChI=1S/C23H29NO4S/c1-17-12-14-19(15-13-17)29(26,27)24-16-8-11-20(22(25)28-23(2,3)4)21(24)18-9-6-5-7-10-18/h5-7,9-10,12-15,20-21H,8,11,16H2,1-4H3/t20-,21+/m1/s1. The summed E-state index contributed by atoms with van der Waals surface area (Å²) in [6.45, 7) is 7.77. The van der Waals surface area contributed by atoms with Crippen molar-refractivity contribution in [2.45, 2.75) is 57.1 Å². The Kier molecular flexibility index (Phi) is 6.15. The van der Waals surface area contributed by atoms with Crippen molar-refractivity contribution in [1.82, 2.24) is 4.31 Å². The average Bonchev–Trinajstić information content (AvgIpc) is 2.67. The van der Waals surface area contributed by atoms with Gasteiger partial charge in [0.1, 0.15) is 5.60 Å². The highest BCUT2D eigenvalue weighted by Crippen LogP contribution is 2.40. The smallest absolute Gasteiger partial charge is 0.311 e. The Hall–Kier alpha value is -2.18. The van der Waals surface area contributed by atoms with Crippen molar-refractivity contribution in [3.8, 4) is 0 Å². The Bertz CT molecular complexity index is 947. The second-order valence-electron chi connectivity index (χ2n) is 8.57. The fraction of sp³-hybridized carbons (Fsp3) is 0.435. The molecule has 1 saturated heterocycles. The molecular weight excluding hydrogens is 386 g/mol. The molecule has 2 aromatic carbocycles. The third kappa shape index (κ3) is 4.87. The number of piperidine rings is 1. The molecule has 6 heteroatoms. The molecule has 0 amide bonds. The van der Waals surface area contributed by atoms with E-state index >= 15 is 0 Å². The monoisotopic (exact) mass is 415 g/mol. The molecule has 1 fully saturated rings. The molecule has 1 heterocycles. The molecule has 156 valence electrons. The summed E-state index contributed by atoms with van der Waals surface area (Å²) >= 11 is 0. The molecule has 0 unspecified atom stereocenters. The molecule has 1 aliphatic heterocycles. The van der Waals surface area contributed by atoms with E-state index in [2.05, 4.69) is 0 Å². The van der Waals surface area contributed by atoms with Gasteiger partial charge < -0.3 is 4.74 Å². The van der Waals surface area contributed by atoms with Gasteiger partial charge in [-0.05, 0) is 58.2 Å². The summed E-state index contributed by atoms with van der Waals surface area (Å²) in [6.07, 6.45) is 1.20. The lowest BCUT2D eigenvalue weighted by Crippen LogP contribution is -2.46. The van der Waals surface area contributed by atoms with Crippen molar-refractivity contribution < 1.29 is 17.9 Å². The number of ether oxygens (including phenoxy) is 1. The molecule has 3 rings (SSSR count). The van der Waals surface area contributed by atoms with Crippen LogP contribution in [0.15, 0.2) is 59.5 Å². The minimum Gasteiger partial charge on any atom is -0.460 e. The summed E-state index contributed by atoms with van der Waals surface area (Å²) in [7, 11) is -3.76. The number of rotatable bonds is 4. The molecule has 0 aliphatic carbocycles. The largest absolute Gasteiger partial charge is 0.460 e. The first-order chi connectivity index (χ1) is 13.6. The number of carbonyl (C=O) groups is 1. The number of hydrogen-bond acceptors (Lipinski definition) is 4. The minimum absolute atomic E-state index is 0.244. The van der Waals surface area contributed by atoms with Crippen molar-refractivity contribution in [3.63, 3.8) is 0 Å². The molecule has 29 heavy (non-hydrogen) atoms. The number of aryl methyl sites for hydroxylation is 1. The molecular formula is C23H29NO4S. The van der Waals surface area contributed by atoms with Crippen LogP contribution in [0.25, 0.3) is 0 Å². The Balaban J connectivity index is 2.05. The van der Waals surface area contributed by atoms with Crippen molar-refractivity contribution in [2.24, 2.45) is 5.92 Å². The highest BCUT2D eigenvalue weighted by molar-refractivity contribution is 7.89. The lowest BCUT2D eigenvalue weighted by atomic mass is 9.86. The summed E-state index contributed by atoms with van der Waals surface area (Å²) < 4.78 is 34.1. The van der Waals surface area contributed by atoms with Crippen LogP contribution in [-0.4, -0.2) is 30.8 Å². The Morgan fingerprint density at radius 3 is 2.24 bits per heavy atom. The number of sulfonamides is 1. The van der Waals surface area contributed by atoms with Crippen LogP contribution in [0.2, 0.25) is 0 Å². The van der Waals surface area contributed by atoms with Gasteiger partial charge in [-0.3, -0.25) is 4.79 Å². The maximum Gasteiger partial charge on any atom is 0.311 e. The quantitative estimate of drug-likeness (QED) is 0.691. The third-order valence-electron chi connectivity index (χ3n) is 5.06. The average molecular weight is 416 g/mol. The van der Waals surface area contributed by atoms with Crippen molar-refractivity contribution in [1.29, 1.82) is 0 Å². The topological polar surface area (TPSA) is 63.7 Å². The van der Waals surface area contributed by atoms with Gasteiger partial charge in [0.15, 0.2) is 0 Å². The Morgan fingerprint density at radius 1 is 1.03 bits per heavy atom. The fourth-order valence-electron chi connectivity index (χ4n) is 3.75. The highest BCUT2D eigenvalue weighted by atomic mass is 32.2. The molecule has 0 radical (unpaired) electrons. The summed E-state index contributed by atoms with van der Waals surface area (Å²) in [5, 5.41) is 0. The van der Waals surface area contributed by atoms with Gasteiger partial charge >= 0.3 is 5.97 Å². The predicted octanol–water partition coefficient (Wildman–Crippen LogP) is 4.48. The van der Waals surface area contributed by atoms with E-state index in [1.54, 1.807) is 24.3 Å². The maximum absolute atomic E-state index is 13.5. The Morgan fingerprint density at radius 2 is 1.66 bits per heavy atom. The van der Waals surface area contributed by atoms with E-state index in [1.165, 1.54) is 4.31 Å². The lowest BCUT2D eigenvalue weighted by Gasteiger charge is -2.40. The van der Waals surface area contributed by atoms with Crippen molar-refractivity contribution >= 4 is 16.0 Å². The fourth-order valence-corrected chi connectivity index (χ4v) is 5.44. The highest BCUT2D eigenvalue weighted by Gasteiger charge is 2.44. The van der Waals surface area contributed by atoms with E-state index < -0.39 is 27.6 Å². The van der Waals surface area contributed by atoms with E-state index in [-0.39, 0.29) is 10.9 Å². The third-order valence-corrected chi connectivity index (χ3v) is 6.96.